The van der Waals surface area contributed by atoms with Gasteiger partial charge in [0.15, 0.2) is 11.4 Å². The zero-order valence-corrected chi connectivity index (χ0v) is 20.3. The fourth-order valence-corrected chi connectivity index (χ4v) is 5.33. The van der Waals surface area contributed by atoms with Crippen molar-refractivity contribution in [3.05, 3.63) is 121 Å². The molecule has 0 N–H and O–H groups in total. The summed E-state index contributed by atoms with van der Waals surface area (Å²) in [5.41, 5.74) is 8.77. The first-order valence-electron chi connectivity index (χ1n) is 12.6. The van der Waals surface area contributed by atoms with Crippen molar-refractivity contribution in [2.75, 3.05) is 0 Å². The second-order valence-electron chi connectivity index (χ2n) is 9.40. The van der Waals surface area contributed by atoms with Crippen LogP contribution in [0.15, 0.2) is 130 Å². The number of nitrogens with zero attached hydrogens (tertiary/aromatic N) is 2. The normalized spacial score (nSPS) is 11.7. The Labute approximate surface area is 217 Å². The highest BCUT2D eigenvalue weighted by molar-refractivity contribution is 6.14. The highest BCUT2D eigenvalue weighted by atomic mass is 16.3. The van der Waals surface area contributed by atoms with Gasteiger partial charge in [0.2, 0.25) is 0 Å². The molecule has 0 aliphatic carbocycles. The van der Waals surface area contributed by atoms with Crippen LogP contribution in [0.4, 0.5) is 0 Å². The standard InChI is InChI=1S/C34H20N2O2/c1-3-11-21(12-4-1)23-19-26(30-24-15-7-9-17-27(24)37-29(30)20-23)34-35-31(22-13-5-2-6-14-22)33-32(36-34)25-16-8-10-18-28(25)38-33/h1-20H. The number of hydrogen-bond acceptors (Lipinski definition) is 4. The lowest BCUT2D eigenvalue weighted by atomic mass is 9.98. The van der Waals surface area contributed by atoms with E-state index in [4.69, 9.17) is 18.8 Å². The Morgan fingerprint density at radius 1 is 0.474 bits per heavy atom. The number of aromatic nitrogens is 2. The summed E-state index contributed by atoms with van der Waals surface area (Å²) in [4.78, 5) is 10.3. The molecular formula is C34H20N2O2. The van der Waals surface area contributed by atoms with Gasteiger partial charge in [-0.25, -0.2) is 9.97 Å². The molecule has 0 amide bonds. The van der Waals surface area contributed by atoms with Crippen molar-refractivity contribution in [2.45, 2.75) is 0 Å². The monoisotopic (exact) mass is 488 g/mol. The van der Waals surface area contributed by atoms with Gasteiger partial charge >= 0.3 is 0 Å². The second-order valence-corrected chi connectivity index (χ2v) is 9.40. The summed E-state index contributed by atoms with van der Waals surface area (Å²) in [5, 5.41) is 3.02. The number of para-hydroxylation sites is 2. The highest BCUT2D eigenvalue weighted by Crippen LogP contribution is 2.41. The summed E-state index contributed by atoms with van der Waals surface area (Å²) in [7, 11) is 0. The van der Waals surface area contributed by atoms with Gasteiger partial charge in [-0.15, -0.1) is 0 Å². The fraction of sp³-hybridized carbons (Fsp3) is 0. The van der Waals surface area contributed by atoms with Gasteiger partial charge < -0.3 is 8.83 Å². The van der Waals surface area contributed by atoms with Crippen molar-refractivity contribution in [1.29, 1.82) is 0 Å². The van der Waals surface area contributed by atoms with E-state index in [-0.39, 0.29) is 0 Å². The summed E-state index contributed by atoms with van der Waals surface area (Å²) in [5.74, 6) is 0.636. The predicted molar refractivity (Wildman–Crippen MR) is 153 cm³/mol. The lowest BCUT2D eigenvalue weighted by Gasteiger charge is -2.10. The van der Waals surface area contributed by atoms with Crippen LogP contribution >= 0.6 is 0 Å². The van der Waals surface area contributed by atoms with E-state index in [1.807, 2.05) is 72.8 Å². The molecule has 4 nitrogen and oxygen atoms in total. The molecule has 0 bridgehead atoms. The number of benzene rings is 5. The lowest BCUT2D eigenvalue weighted by molar-refractivity contribution is 0.667. The van der Waals surface area contributed by atoms with E-state index in [0.717, 1.165) is 66.4 Å². The average molecular weight is 489 g/mol. The van der Waals surface area contributed by atoms with E-state index >= 15 is 0 Å². The third-order valence-electron chi connectivity index (χ3n) is 7.09. The van der Waals surface area contributed by atoms with Crippen molar-refractivity contribution < 1.29 is 8.83 Å². The fourth-order valence-electron chi connectivity index (χ4n) is 5.33. The van der Waals surface area contributed by atoms with Crippen LogP contribution in [0, 0.1) is 0 Å². The van der Waals surface area contributed by atoms with E-state index in [2.05, 4.69) is 48.5 Å². The highest BCUT2D eigenvalue weighted by Gasteiger charge is 2.21. The Bertz CT molecular complexity index is 2120. The number of hydrogen-bond donors (Lipinski definition) is 0. The van der Waals surface area contributed by atoms with E-state index in [9.17, 15) is 0 Å². The van der Waals surface area contributed by atoms with Crippen LogP contribution in [0.2, 0.25) is 0 Å². The Morgan fingerprint density at radius 2 is 1.11 bits per heavy atom. The van der Waals surface area contributed by atoms with Crippen LogP contribution in [-0.4, -0.2) is 9.97 Å². The maximum atomic E-state index is 6.36. The molecule has 0 saturated heterocycles. The molecule has 0 fully saturated rings. The molecule has 3 aromatic heterocycles. The van der Waals surface area contributed by atoms with E-state index in [1.54, 1.807) is 0 Å². The SMILES string of the molecule is c1ccc(-c2cc(-c3nc(-c4ccccc4)c4oc5ccccc5c4n3)c3c(c2)oc2ccccc23)cc1. The zero-order valence-electron chi connectivity index (χ0n) is 20.3. The predicted octanol–water partition coefficient (Wildman–Crippen LogP) is 9.28. The van der Waals surface area contributed by atoms with Crippen molar-refractivity contribution in [1.82, 2.24) is 9.97 Å². The van der Waals surface area contributed by atoms with Crippen molar-refractivity contribution >= 4 is 44.0 Å². The summed E-state index contributed by atoms with van der Waals surface area (Å²) >= 11 is 0. The molecule has 0 aliphatic heterocycles. The van der Waals surface area contributed by atoms with Gasteiger partial charge in [-0.2, -0.15) is 0 Å². The van der Waals surface area contributed by atoms with Gasteiger partial charge in [0.05, 0.1) is 0 Å². The van der Waals surface area contributed by atoms with Crippen LogP contribution in [0.3, 0.4) is 0 Å². The van der Waals surface area contributed by atoms with Crippen LogP contribution in [0.1, 0.15) is 0 Å². The average Bonchev–Trinajstić information content (AvgIpc) is 3.55. The Balaban J connectivity index is 1.52. The molecule has 8 rings (SSSR count). The molecule has 8 aromatic rings. The Hall–Kier alpha value is -5.22. The van der Waals surface area contributed by atoms with Crippen LogP contribution in [0.5, 0.6) is 0 Å². The molecule has 0 saturated carbocycles. The smallest absolute Gasteiger partial charge is 0.180 e. The van der Waals surface area contributed by atoms with Crippen molar-refractivity contribution in [3.8, 4) is 33.8 Å². The first-order valence-corrected chi connectivity index (χ1v) is 12.6. The minimum absolute atomic E-state index is 0.636. The first kappa shape index (κ1) is 20.9. The summed E-state index contributed by atoms with van der Waals surface area (Å²) < 4.78 is 12.7. The molecular weight excluding hydrogens is 468 g/mol. The van der Waals surface area contributed by atoms with E-state index < -0.39 is 0 Å². The summed E-state index contributed by atoms with van der Waals surface area (Å²) in [6.45, 7) is 0. The van der Waals surface area contributed by atoms with E-state index in [1.165, 1.54) is 0 Å². The van der Waals surface area contributed by atoms with Gasteiger partial charge in [0, 0.05) is 27.3 Å². The van der Waals surface area contributed by atoms with Gasteiger partial charge in [0.1, 0.15) is 28.0 Å². The molecule has 0 atom stereocenters. The molecule has 3 heterocycles. The number of rotatable bonds is 3. The first-order chi connectivity index (χ1) is 18.8. The van der Waals surface area contributed by atoms with Crippen LogP contribution < -0.4 is 0 Å². The van der Waals surface area contributed by atoms with Crippen molar-refractivity contribution in [3.63, 3.8) is 0 Å². The topological polar surface area (TPSA) is 52.1 Å². The van der Waals surface area contributed by atoms with Crippen LogP contribution in [0.25, 0.3) is 77.8 Å². The number of fused-ring (bicyclic) bond motifs is 6. The van der Waals surface area contributed by atoms with Crippen molar-refractivity contribution in [2.24, 2.45) is 0 Å². The maximum Gasteiger partial charge on any atom is 0.180 e. The van der Waals surface area contributed by atoms with Gasteiger partial charge in [0.25, 0.3) is 0 Å². The third kappa shape index (κ3) is 3.17. The summed E-state index contributed by atoms with van der Waals surface area (Å²) in [6.07, 6.45) is 0. The quantitative estimate of drug-likeness (QED) is 0.249. The van der Waals surface area contributed by atoms with E-state index in [0.29, 0.717) is 11.4 Å². The molecule has 4 heteroatoms. The van der Waals surface area contributed by atoms with Gasteiger partial charge in [-0.3, -0.25) is 0 Å². The lowest BCUT2D eigenvalue weighted by Crippen LogP contribution is -1.95. The second kappa shape index (κ2) is 8.15. The molecule has 0 spiro atoms. The Morgan fingerprint density at radius 3 is 1.87 bits per heavy atom. The minimum Gasteiger partial charge on any atom is -0.456 e. The third-order valence-corrected chi connectivity index (χ3v) is 7.09. The number of furan rings is 2. The van der Waals surface area contributed by atoms with Crippen LogP contribution in [-0.2, 0) is 0 Å². The molecule has 178 valence electrons. The molecule has 0 aliphatic rings. The molecule has 5 aromatic carbocycles. The Kier molecular flexibility index (Phi) is 4.49. The van der Waals surface area contributed by atoms with Gasteiger partial charge in [-0.05, 0) is 41.5 Å². The maximum absolute atomic E-state index is 6.36. The molecule has 38 heavy (non-hydrogen) atoms. The molecule has 0 unspecified atom stereocenters. The molecule has 0 radical (unpaired) electrons. The zero-order chi connectivity index (χ0) is 25.1. The minimum atomic E-state index is 0.636. The van der Waals surface area contributed by atoms with Gasteiger partial charge in [-0.1, -0.05) is 91.0 Å². The largest absolute Gasteiger partial charge is 0.456 e. The summed E-state index contributed by atoms with van der Waals surface area (Å²) in [6, 6.07) is 40.9.